The summed E-state index contributed by atoms with van der Waals surface area (Å²) in [4.78, 5) is 0. The fraction of sp³-hybridized carbons (Fsp3) is 0.417. The summed E-state index contributed by atoms with van der Waals surface area (Å²) in [5.74, 6) is 0. The molecule has 0 bridgehead atoms. The Morgan fingerprint density at radius 2 is 1.25 bits per heavy atom. The largest absolute Gasteiger partial charge is 0.0885 e. The van der Waals surface area contributed by atoms with E-state index in [0.717, 1.165) is 6.42 Å². The molecule has 0 saturated carbocycles. The maximum atomic E-state index is 2.28. The molecular formula is C12H17. The Labute approximate surface area is 75.7 Å². The van der Waals surface area contributed by atoms with Crippen LogP contribution >= 0.6 is 0 Å². The van der Waals surface area contributed by atoms with Crippen LogP contribution in [0.3, 0.4) is 0 Å². The Morgan fingerprint density at radius 3 is 2.08 bits per heavy atom. The number of rotatable bonds is 0. The van der Waals surface area contributed by atoms with Crippen LogP contribution in [0.25, 0.3) is 0 Å². The summed E-state index contributed by atoms with van der Waals surface area (Å²) < 4.78 is 0. The Morgan fingerprint density at radius 1 is 0.583 bits per heavy atom. The van der Waals surface area contributed by atoms with Gasteiger partial charge in [0.2, 0.25) is 0 Å². The molecule has 0 unspecified atom stereocenters. The van der Waals surface area contributed by atoms with Crippen molar-refractivity contribution in [1.82, 2.24) is 0 Å². The highest BCUT2D eigenvalue weighted by Crippen LogP contribution is 2.02. The summed E-state index contributed by atoms with van der Waals surface area (Å²) in [7, 11) is 0. The van der Waals surface area contributed by atoms with E-state index < -0.39 is 0 Å². The van der Waals surface area contributed by atoms with Gasteiger partial charge < -0.3 is 0 Å². The van der Waals surface area contributed by atoms with Gasteiger partial charge in [0, 0.05) is 0 Å². The van der Waals surface area contributed by atoms with Crippen molar-refractivity contribution in [2.45, 2.75) is 32.1 Å². The molecule has 0 fully saturated rings. The van der Waals surface area contributed by atoms with E-state index >= 15 is 0 Å². The molecule has 0 spiro atoms. The van der Waals surface area contributed by atoms with Gasteiger partial charge in [-0.15, -0.1) is 0 Å². The summed E-state index contributed by atoms with van der Waals surface area (Å²) in [6, 6.07) is 0. The van der Waals surface area contributed by atoms with Crippen LogP contribution < -0.4 is 0 Å². The summed E-state index contributed by atoms with van der Waals surface area (Å²) in [5.41, 5.74) is 0. The van der Waals surface area contributed by atoms with Crippen LogP contribution in [0, 0.1) is 6.42 Å². The normalized spacial score (nSPS) is 28.0. The predicted octanol–water partition coefficient (Wildman–Crippen LogP) is 3.82. The van der Waals surface area contributed by atoms with Crippen LogP contribution in [-0.2, 0) is 0 Å². The van der Waals surface area contributed by atoms with Crippen LogP contribution in [-0.4, -0.2) is 0 Å². The molecule has 1 rings (SSSR count). The molecule has 0 N–H and O–H groups in total. The number of hydrogen-bond donors (Lipinski definition) is 0. The third kappa shape index (κ3) is 4.95. The van der Waals surface area contributed by atoms with Crippen molar-refractivity contribution in [2.24, 2.45) is 0 Å². The molecular weight excluding hydrogens is 144 g/mol. The van der Waals surface area contributed by atoms with E-state index in [1.807, 2.05) is 0 Å². The van der Waals surface area contributed by atoms with Gasteiger partial charge in [-0.05, 0) is 38.5 Å². The van der Waals surface area contributed by atoms with E-state index in [2.05, 4.69) is 42.9 Å². The van der Waals surface area contributed by atoms with Crippen molar-refractivity contribution in [3.63, 3.8) is 0 Å². The Balaban J connectivity index is 2.30. The molecule has 0 aromatic rings. The third-order valence-corrected chi connectivity index (χ3v) is 1.88. The van der Waals surface area contributed by atoms with Crippen molar-refractivity contribution in [3.05, 3.63) is 42.9 Å². The van der Waals surface area contributed by atoms with Gasteiger partial charge in [0.1, 0.15) is 0 Å². The summed E-state index contributed by atoms with van der Waals surface area (Å²) in [6.07, 6.45) is 21.5. The first-order valence-corrected chi connectivity index (χ1v) is 4.78. The lowest BCUT2D eigenvalue weighted by atomic mass is 10.1. The highest BCUT2D eigenvalue weighted by atomic mass is 13.9. The molecule has 0 aromatic carbocycles. The van der Waals surface area contributed by atoms with Gasteiger partial charge in [-0.1, -0.05) is 36.5 Å². The molecule has 0 heterocycles. The summed E-state index contributed by atoms with van der Waals surface area (Å²) in [6.45, 7) is 0. The molecule has 0 heteroatoms. The highest BCUT2D eigenvalue weighted by Gasteiger charge is 1.83. The SMILES string of the molecule is [CH]1/C=C/C/C=C/CC/C=C/CC1. The van der Waals surface area contributed by atoms with Gasteiger partial charge in [-0.25, -0.2) is 0 Å². The summed E-state index contributed by atoms with van der Waals surface area (Å²) in [5, 5.41) is 0. The lowest BCUT2D eigenvalue weighted by Gasteiger charge is -1.92. The van der Waals surface area contributed by atoms with Crippen molar-refractivity contribution in [3.8, 4) is 0 Å². The zero-order valence-corrected chi connectivity index (χ0v) is 7.58. The van der Waals surface area contributed by atoms with Crippen molar-refractivity contribution < 1.29 is 0 Å². The first-order chi connectivity index (χ1) is 6.00. The minimum atomic E-state index is 1.08. The standard InChI is InChI=1S/C12H17/c1-2-4-6-8-10-12-11-9-7-5-3-1/h1-3,6,8-9,11H,4-5,7,10,12H2/b2-1+,8-6+,11-9+. The maximum absolute atomic E-state index is 2.28. The first-order valence-electron chi connectivity index (χ1n) is 4.78. The molecule has 0 saturated heterocycles. The Hall–Kier alpha value is -0.780. The molecule has 0 amide bonds. The lowest BCUT2D eigenvalue weighted by Crippen LogP contribution is -1.73. The molecule has 0 nitrogen and oxygen atoms in total. The minimum absolute atomic E-state index is 1.08. The van der Waals surface area contributed by atoms with E-state index in [1.165, 1.54) is 25.7 Å². The van der Waals surface area contributed by atoms with Gasteiger partial charge in [-0.2, -0.15) is 0 Å². The minimum Gasteiger partial charge on any atom is -0.0885 e. The number of hydrogen-bond acceptors (Lipinski definition) is 0. The van der Waals surface area contributed by atoms with Crippen molar-refractivity contribution >= 4 is 0 Å². The van der Waals surface area contributed by atoms with E-state index in [9.17, 15) is 0 Å². The van der Waals surface area contributed by atoms with Crippen LogP contribution in [0.2, 0.25) is 0 Å². The van der Waals surface area contributed by atoms with E-state index in [4.69, 9.17) is 0 Å². The fourth-order valence-corrected chi connectivity index (χ4v) is 1.18. The predicted molar refractivity (Wildman–Crippen MR) is 54.8 cm³/mol. The van der Waals surface area contributed by atoms with Gasteiger partial charge in [0.25, 0.3) is 0 Å². The second kappa shape index (κ2) is 6.90. The molecule has 1 radical (unpaired) electrons. The Bertz CT molecular complexity index is 172. The molecule has 1 aliphatic rings. The van der Waals surface area contributed by atoms with Crippen molar-refractivity contribution in [1.29, 1.82) is 0 Å². The van der Waals surface area contributed by atoms with Crippen LogP contribution in [0.5, 0.6) is 0 Å². The Kier molecular flexibility index (Phi) is 5.35. The third-order valence-electron chi connectivity index (χ3n) is 1.88. The quantitative estimate of drug-likeness (QED) is 0.474. The van der Waals surface area contributed by atoms with Crippen LogP contribution in [0.4, 0.5) is 0 Å². The fourth-order valence-electron chi connectivity index (χ4n) is 1.18. The van der Waals surface area contributed by atoms with Gasteiger partial charge in [0.15, 0.2) is 0 Å². The van der Waals surface area contributed by atoms with E-state index in [1.54, 1.807) is 0 Å². The van der Waals surface area contributed by atoms with Crippen LogP contribution in [0.15, 0.2) is 36.5 Å². The second-order valence-corrected chi connectivity index (χ2v) is 3.00. The van der Waals surface area contributed by atoms with E-state index in [0.29, 0.717) is 0 Å². The molecule has 0 atom stereocenters. The summed E-state index contributed by atoms with van der Waals surface area (Å²) >= 11 is 0. The molecule has 65 valence electrons. The lowest BCUT2D eigenvalue weighted by molar-refractivity contribution is 0.971. The van der Waals surface area contributed by atoms with Gasteiger partial charge in [-0.3, -0.25) is 0 Å². The average Bonchev–Trinajstić information content (AvgIpc) is 2.05. The molecule has 12 heavy (non-hydrogen) atoms. The second-order valence-electron chi connectivity index (χ2n) is 3.00. The zero-order valence-electron chi connectivity index (χ0n) is 7.58. The van der Waals surface area contributed by atoms with Crippen molar-refractivity contribution in [2.75, 3.05) is 0 Å². The molecule has 1 aliphatic carbocycles. The molecule has 0 aromatic heterocycles. The van der Waals surface area contributed by atoms with Gasteiger partial charge >= 0.3 is 0 Å². The smallest absolute Gasteiger partial charge is 0.0167 e. The van der Waals surface area contributed by atoms with Gasteiger partial charge in [0.05, 0.1) is 0 Å². The van der Waals surface area contributed by atoms with E-state index in [-0.39, 0.29) is 0 Å². The number of allylic oxidation sites excluding steroid dienone is 6. The topological polar surface area (TPSA) is 0 Å². The maximum Gasteiger partial charge on any atom is -0.0167 e. The monoisotopic (exact) mass is 161 g/mol. The first kappa shape index (κ1) is 9.31. The average molecular weight is 161 g/mol. The highest BCUT2D eigenvalue weighted by molar-refractivity contribution is 5.01. The zero-order chi connectivity index (χ0) is 8.49. The molecule has 0 aliphatic heterocycles. The van der Waals surface area contributed by atoms with Crippen LogP contribution in [0.1, 0.15) is 32.1 Å².